The Morgan fingerprint density at radius 3 is 3.10 bits per heavy atom. The number of carbonyl (C=O) groups is 1. The van der Waals surface area contributed by atoms with Crippen molar-refractivity contribution in [2.24, 2.45) is 0 Å². The van der Waals surface area contributed by atoms with Crippen molar-refractivity contribution in [3.63, 3.8) is 0 Å². The topological polar surface area (TPSA) is 84.7 Å². The molecule has 7 nitrogen and oxygen atoms in total. The highest BCUT2D eigenvalue weighted by atomic mass is 16.6. The molecule has 21 heavy (non-hydrogen) atoms. The van der Waals surface area contributed by atoms with Gasteiger partial charge in [0.2, 0.25) is 0 Å². The van der Waals surface area contributed by atoms with E-state index in [1.807, 2.05) is 11.0 Å². The van der Waals surface area contributed by atoms with Crippen LogP contribution in [-0.4, -0.2) is 48.1 Å². The Morgan fingerprint density at radius 1 is 1.57 bits per heavy atom. The molecule has 7 heteroatoms. The smallest absolute Gasteiger partial charge is 0.324 e. The number of nitro benzene ring substituents is 1. The van der Waals surface area contributed by atoms with Crippen LogP contribution >= 0.6 is 0 Å². The lowest BCUT2D eigenvalue weighted by Gasteiger charge is -2.34. The van der Waals surface area contributed by atoms with E-state index in [1.54, 1.807) is 19.1 Å². The van der Waals surface area contributed by atoms with Gasteiger partial charge in [0.15, 0.2) is 0 Å². The molecule has 1 saturated heterocycles. The van der Waals surface area contributed by atoms with E-state index in [0.29, 0.717) is 26.2 Å². The fourth-order valence-corrected chi connectivity index (χ4v) is 2.41. The summed E-state index contributed by atoms with van der Waals surface area (Å²) in [6, 6.07) is 6.15. The number of ether oxygens (including phenoxy) is 1. The molecule has 1 aliphatic rings. The van der Waals surface area contributed by atoms with Crippen LogP contribution in [0.3, 0.4) is 0 Å². The van der Waals surface area contributed by atoms with Crippen molar-refractivity contribution in [1.82, 2.24) is 10.2 Å². The summed E-state index contributed by atoms with van der Waals surface area (Å²) >= 11 is 0. The minimum atomic E-state index is -0.413. The zero-order valence-electron chi connectivity index (χ0n) is 11.9. The van der Waals surface area contributed by atoms with Crippen molar-refractivity contribution in [3.05, 3.63) is 39.9 Å². The van der Waals surface area contributed by atoms with E-state index in [9.17, 15) is 14.9 Å². The first-order valence-electron chi connectivity index (χ1n) is 6.96. The number of piperazine rings is 1. The molecule has 1 N–H and O–H groups in total. The summed E-state index contributed by atoms with van der Waals surface area (Å²) in [4.78, 5) is 24.4. The maximum Gasteiger partial charge on any atom is 0.324 e. The van der Waals surface area contributed by atoms with E-state index in [0.717, 1.165) is 12.1 Å². The number of esters is 1. The van der Waals surface area contributed by atoms with E-state index in [1.165, 1.54) is 6.07 Å². The van der Waals surface area contributed by atoms with Gasteiger partial charge < -0.3 is 10.1 Å². The van der Waals surface area contributed by atoms with E-state index < -0.39 is 4.92 Å². The Kier molecular flexibility index (Phi) is 5.24. The van der Waals surface area contributed by atoms with Crippen molar-refractivity contribution in [1.29, 1.82) is 0 Å². The lowest BCUT2D eigenvalue weighted by atomic mass is 10.1. The molecule has 0 aromatic heterocycles. The van der Waals surface area contributed by atoms with Crippen molar-refractivity contribution in [2.75, 3.05) is 26.2 Å². The first-order valence-corrected chi connectivity index (χ1v) is 6.96. The standard InChI is InChI=1S/C14H19N3O4/c1-2-21-14(18)13-9-15-6-7-16(13)10-11-4-3-5-12(8-11)17(19)20/h3-5,8,13,15H,2,6-7,9-10H2,1H3. The Balaban J connectivity index is 2.10. The van der Waals surface area contributed by atoms with Gasteiger partial charge in [-0.3, -0.25) is 19.8 Å². The second kappa shape index (κ2) is 7.14. The average molecular weight is 293 g/mol. The van der Waals surface area contributed by atoms with Gasteiger partial charge in [0.05, 0.1) is 11.5 Å². The lowest BCUT2D eigenvalue weighted by Crippen LogP contribution is -2.54. The monoisotopic (exact) mass is 293 g/mol. The Labute approximate surface area is 123 Å². The highest BCUT2D eigenvalue weighted by molar-refractivity contribution is 5.76. The minimum absolute atomic E-state index is 0.0651. The molecule has 1 aromatic carbocycles. The molecule has 114 valence electrons. The summed E-state index contributed by atoms with van der Waals surface area (Å²) in [6.07, 6.45) is 0. The number of nitrogens with one attached hydrogen (secondary N) is 1. The molecule has 2 rings (SSSR count). The second-order valence-electron chi connectivity index (χ2n) is 4.87. The van der Waals surface area contributed by atoms with E-state index in [2.05, 4.69) is 5.32 Å². The molecular weight excluding hydrogens is 274 g/mol. The number of benzene rings is 1. The highest BCUT2D eigenvalue weighted by Crippen LogP contribution is 2.17. The van der Waals surface area contributed by atoms with Gasteiger partial charge >= 0.3 is 5.97 Å². The summed E-state index contributed by atoms with van der Waals surface area (Å²) in [5, 5.41) is 14.0. The molecule has 0 radical (unpaired) electrons. The number of carbonyl (C=O) groups excluding carboxylic acids is 1. The molecule has 0 bridgehead atoms. The SMILES string of the molecule is CCOC(=O)C1CNCCN1Cc1cccc([N+](=O)[O-])c1. The van der Waals surface area contributed by atoms with Crippen molar-refractivity contribution >= 4 is 11.7 Å². The van der Waals surface area contributed by atoms with Crippen LogP contribution in [0.1, 0.15) is 12.5 Å². The molecule has 0 spiro atoms. The molecule has 1 aliphatic heterocycles. The Morgan fingerprint density at radius 2 is 2.38 bits per heavy atom. The maximum absolute atomic E-state index is 12.0. The molecule has 0 aliphatic carbocycles. The predicted molar refractivity (Wildman–Crippen MR) is 76.8 cm³/mol. The number of nitrogens with zero attached hydrogens (tertiary/aromatic N) is 2. The third kappa shape index (κ3) is 3.99. The maximum atomic E-state index is 12.0. The molecule has 1 heterocycles. The summed E-state index contributed by atoms with van der Waals surface area (Å²) in [5.74, 6) is -0.255. The first-order chi connectivity index (χ1) is 10.1. The van der Waals surface area contributed by atoms with Gasteiger partial charge in [-0.2, -0.15) is 0 Å². The average Bonchev–Trinajstić information content (AvgIpc) is 2.48. The summed E-state index contributed by atoms with van der Waals surface area (Å²) < 4.78 is 5.08. The van der Waals surface area contributed by atoms with Crippen LogP contribution in [0.25, 0.3) is 0 Å². The molecular formula is C14H19N3O4. The molecule has 0 saturated carbocycles. The van der Waals surface area contributed by atoms with Crippen LogP contribution < -0.4 is 5.32 Å². The van der Waals surface area contributed by atoms with Crippen molar-refractivity contribution < 1.29 is 14.5 Å². The van der Waals surface area contributed by atoms with Gasteiger partial charge in [0.25, 0.3) is 5.69 Å². The molecule has 1 fully saturated rings. The Bertz CT molecular complexity index is 521. The summed E-state index contributed by atoms with van der Waals surface area (Å²) in [7, 11) is 0. The van der Waals surface area contributed by atoms with Gasteiger partial charge in [-0.25, -0.2) is 0 Å². The van der Waals surface area contributed by atoms with E-state index in [-0.39, 0.29) is 17.7 Å². The fraction of sp³-hybridized carbons (Fsp3) is 0.500. The van der Waals surface area contributed by atoms with Crippen LogP contribution in [0.2, 0.25) is 0 Å². The molecule has 1 aromatic rings. The number of non-ortho nitro benzene ring substituents is 1. The molecule has 0 amide bonds. The van der Waals surface area contributed by atoms with Crippen LogP contribution in [0.5, 0.6) is 0 Å². The third-order valence-electron chi connectivity index (χ3n) is 3.42. The van der Waals surface area contributed by atoms with Crippen molar-refractivity contribution in [2.45, 2.75) is 19.5 Å². The zero-order chi connectivity index (χ0) is 15.2. The quantitative estimate of drug-likeness (QED) is 0.494. The second-order valence-corrected chi connectivity index (χ2v) is 4.87. The number of hydrogen-bond acceptors (Lipinski definition) is 6. The summed E-state index contributed by atoms with van der Waals surface area (Å²) in [5.41, 5.74) is 0.885. The lowest BCUT2D eigenvalue weighted by molar-refractivity contribution is -0.384. The molecule has 1 unspecified atom stereocenters. The molecule has 1 atom stereocenters. The van der Waals surface area contributed by atoms with Gasteiger partial charge in [0, 0.05) is 38.3 Å². The van der Waals surface area contributed by atoms with E-state index >= 15 is 0 Å². The first kappa shape index (κ1) is 15.4. The van der Waals surface area contributed by atoms with Gasteiger partial charge in [0.1, 0.15) is 6.04 Å². The zero-order valence-corrected chi connectivity index (χ0v) is 11.9. The van der Waals surface area contributed by atoms with Gasteiger partial charge in [-0.05, 0) is 12.5 Å². The van der Waals surface area contributed by atoms with Crippen molar-refractivity contribution in [3.8, 4) is 0 Å². The van der Waals surface area contributed by atoms with Crippen LogP contribution in [-0.2, 0) is 16.1 Å². The normalized spacial score (nSPS) is 19.2. The number of hydrogen-bond donors (Lipinski definition) is 1. The third-order valence-corrected chi connectivity index (χ3v) is 3.42. The largest absolute Gasteiger partial charge is 0.465 e. The van der Waals surface area contributed by atoms with E-state index in [4.69, 9.17) is 4.74 Å². The van der Waals surface area contributed by atoms with Crippen LogP contribution in [0.4, 0.5) is 5.69 Å². The number of nitro groups is 1. The Hall–Kier alpha value is -1.99. The van der Waals surface area contributed by atoms with Crippen LogP contribution in [0.15, 0.2) is 24.3 Å². The predicted octanol–water partition coefficient (Wildman–Crippen LogP) is 0.932. The minimum Gasteiger partial charge on any atom is -0.465 e. The summed E-state index contributed by atoms with van der Waals surface area (Å²) in [6.45, 7) is 4.64. The number of rotatable bonds is 5. The van der Waals surface area contributed by atoms with Gasteiger partial charge in [-0.15, -0.1) is 0 Å². The highest BCUT2D eigenvalue weighted by Gasteiger charge is 2.29. The van der Waals surface area contributed by atoms with Gasteiger partial charge in [-0.1, -0.05) is 12.1 Å². The van der Waals surface area contributed by atoms with Crippen LogP contribution in [0, 0.1) is 10.1 Å². The fourth-order valence-electron chi connectivity index (χ4n) is 2.41.